The van der Waals surface area contributed by atoms with Gasteiger partial charge >= 0.3 is 5.97 Å². The number of hydrogen-bond acceptors (Lipinski definition) is 7. The lowest BCUT2D eigenvalue weighted by Crippen LogP contribution is -2.26. The molecule has 1 N–H and O–H groups in total. The predicted octanol–water partition coefficient (Wildman–Crippen LogP) is 2.76. The zero-order chi connectivity index (χ0) is 21.7. The first-order chi connectivity index (χ1) is 13.8. The monoisotopic (exact) mass is 404 g/mol. The van der Waals surface area contributed by atoms with Gasteiger partial charge in [0, 0.05) is 17.8 Å². The minimum atomic E-state index is -0.460. The van der Waals surface area contributed by atoms with Gasteiger partial charge in [0.15, 0.2) is 17.3 Å². The van der Waals surface area contributed by atoms with Crippen molar-refractivity contribution in [2.45, 2.75) is 20.4 Å². The first-order valence-corrected chi connectivity index (χ1v) is 9.06. The Morgan fingerprint density at radius 1 is 1.00 bits per heavy atom. The topological polar surface area (TPSA) is 90.1 Å². The van der Waals surface area contributed by atoms with E-state index in [0.717, 1.165) is 5.56 Å². The summed E-state index contributed by atoms with van der Waals surface area (Å²) in [5, 5.41) is 0. The third kappa shape index (κ3) is 4.54. The van der Waals surface area contributed by atoms with Crippen molar-refractivity contribution in [3.63, 3.8) is 0 Å². The summed E-state index contributed by atoms with van der Waals surface area (Å²) in [5.74, 6) is 1.05. The Labute approximate surface area is 170 Å². The number of rotatable bonds is 9. The number of aromatic amines is 1. The number of hydrogen-bond donors (Lipinski definition) is 1. The average molecular weight is 404 g/mol. The smallest absolute Gasteiger partial charge is 0.339 e. The maximum atomic E-state index is 12.8. The Bertz CT molecular complexity index is 903. The molecule has 0 aliphatic rings. The van der Waals surface area contributed by atoms with Gasteiger partial charge in [-0.25, -0.2) is 4.79 Å². The third-order valence-corrected chi connectivity index (χ3v) is 4.75. The van der Waals surface area contributed by atoms with Crippen LogP contribution < -0.4 is 14.2 Å². The molecule has 158 valence electrons. The molecule has 0 amide bonds. The van der Waals surface area contributed by atoms with Gasteiger partial charge in [-0.05, 0) is 32.5 Å². The highest BCUT2D eigenvalue weighted by Crippen LogP contribution is 2.40. The molecule has 0 unspecified atom stereocenters. The second-order valence-electron chi connectivity index (χ2n) is 6.71. The number of methoxy groups -OCH3 is 4. The molecular weight excluding hydrogens is 376 g/mol. The maximum absolute atomic E-state index is 12.8. The van der Waals surface area contributed by atoms with Crippen LogP contribution in [0.25, 0.3) is 0 Å². The lowest BCUT2D eigenvalue weighted by Gasteiger charge is -2.20. The van der Waals surface area contributed by atoms with Gasteiger partial charge in [-0.3, -0.25) is 9.69 Å². The van der Waals surface area contributed by atoms with Crippen molar-refractivity contribution >= 4 is 11.8 Å². The van der Waals surface area contributed by atoms with E-state index in [9.17, 15) is 9.59 Å². The van der Waals surface area contributed by atoms with Gasteiger partial charge in [0.2, 0.25) is 5.75 Å². The quantitative estimate of drug-likeness (QED) is 0.508. The normalized spacial score (nSPS) is 10.8. The van der Waals surface area contributed by atoms with Crippen LogP contribution in [0.1, 0.15) is 37.7 Å². The molecule has 0 fully saturated rings. The lowest BCUT2D eigenvalue weighted by molar-refractivity contribution is 0.0599. The highest BCUT2D eigenvalue weighted by molar-refractivity contribution is 6.02. The molecular formula is C21H28N2O6. The van der Waals surface area contributed by atoms with Crippen molar-refractivity contribution < 1.29 is 28.5 Å². The lowest BCUT2D eigenvalue weighted by atomic mass is 10.1. The fourth-order valence-electron chi connectivity index (χ4n) is 3.40. The number of ketones is 1. The SMILES string of the molecule is COC(=O)c1c(C)[nH]c(C(=O)CN(C)Cc2ccc(OC)c(OC)c2OC)c1C. The van der Waals surface area contributed by atoms with Gasteiger partial charge in [0.1, 0.15) is 0 Å². The molecule has 1 heterocycles. The van der Waals surface area contributed by atoms with E-state index in [1.807, 2.05) is 18.0 Å². The van der Waals surface area contributed by atoms with Gasteiger partial charge in [0.05, 0.1) is 46.2 Å². The summed E-state index contributed by atoms with van der Waals surface area (Å²) in [6.07, 6.45) is 0. The van der Waals surface area contributed by atoms with Crippen LogP contribution in [0.3, 0.4) is 0 Å². The standard InChI is InChI=1S/C21H28N2O6/c1-12-17(21(25)29-7)13(2)22-18(12)15(24)11-23(3)10-14-8-9-16(26-4)20(28-6)19(14)27-5/h8-9,22H,10-11H2,1-7H3. The molecule has 0 aliphatic heterocycles. The highest BCUT2D eigenvalue weighted by atomic mass is 16.5. The first-order valence-electron chi connectivity index (χ1n) is 9.06. The van der Waals surface area contributed by atoms with Crippen LogP contribution in [0.5, 0.6) is 17.2 Å². The summed E-state index contributed by atoms with van der Waals surface area (Å²) in [7, 11) is 7.82. The van der Waals surface area contributed by atoms with E-state index in [2.05, 4.69) is 4.98 Å². The van der Waals surface area contributed by atoms with Gasteiger partial charge in [-0.1, -0.05) is 6.07 Å². The molecule has 8 heteroatoms. The molecule has 0 atom stereocenters. The molecule has 2 rings (SSSR count). The van der Waals surface area contributed by atoms with Crippen LogP contribution in [0.2, 0.25) is 0 Å². The second kappa shape index (κ2) is 9.47. The highest BCUT2D eigenvalue weighted by Gasteiger charge is 2.24. The van der Waals surface area contributed by atoms with Crippen molar-refractivity contribution in [3.05, 3.63) is 40.2 Å². The number of nitrogens with zero attached hydrogens (tertiary/aromatic N) is 1. The molecule has 1 aromatic carbocycles. The van der Waals surface area contributed by atoms with E-state index < -0.39 is 5.97 Å². The molecule has 8 nitrogen and oxygen atoms in total. The number of esters is 1. The molecule has 0 radical (unpaired) electrons. The molecule has 29 heavy (non-hydrogen) atoms. The van der Waals surface area contributed by atoms with Crippen molar-refractivity contribution in [3.8, 4) is 17.2 Å². The number of carbonyl (C=O) groups excluding carboxylic acids is 2. The molecule has 0 saturated heterocycles. The number of carbonyl (C=O) groups is 2. The Kier molecular flexibility index (Phi) is 7.28. The van der Waals surface area contributed by atoms with Crippen LogP contribution in [0, 0.1) is 13.8 Å². The van der Waals surface area contributed by atoms with Crippen LogP contribution in [0.4, 0.5) is 0 Å². The summed E-state index contributed by atoms with van der Waals surface area (Å²) in [6, 6.07) is 3.67. The zero-order valence-corrected chi connectivity index (χ0v) is 18.0. The molecule has 0 aliphatic carbocycles. The van der Waals surface area contributed by atoms with Crippen molar-refractivity contribution in [2.75, 3.05) is 42.0 Å². The number of likely N-dealkylation sites (N-methyl/N-ethyl adjacent to an activating group) is 1. The summed E-state index contributed by atoms with van der Waals surface area (Å²) >= 11 is 0. The minimum absolute atomic E-state index is 0.123. The van der Waals surface area contributed by atoms with Crippen LogP contribution in [-0.2, 0) is 11.3 Å². The van der Waals surface area contributed by atoms with Crippen molar-refractivity contribution in [1.82, 2.24) is 9.88 Å². The number of nitrogens with one attached hydrogen (secondary N) is 1. The Hall–Kier alpha value is -3.00. The van der Waals surface area contributed by atoms with E-state index >= 15 is 0 Å². The molecule has 2 aromatic rings. The summed E-state index contributed by atoms with van der Waals surface area (Å²) in [4.78, 5) is 29.6. The number of Topliss-reactive ketones (excluding diaryl/α,β-unsaturated/α-hetero) is 1. The van der Waals surface area contributed by atoms with Crippen LogP contribution in [-0.4, -0.2) is 63.7 Å². The fourth-order valence-corrected chi connectivity index (χ4v) is 3.40. The zero-order valence-electron chi connectivity index (χ0n) is 18.0. The molecule has 1 aromatic heterocycles. The number of H-pyrrole nitrogens is 1. The molecule has 0 bridgehead atoms. The Morgan fingerprint density at radius 2 is 1.66 bits per heavy atom. The van der Waals surface area contributed by atoms with E-state index in [-0.39, 0.29) is 12.3 Å². The first kappa shape index (κ1) is 22.3. The Morgan fingerprint density at radius 3 is 2.21 bits per heavy atom. The number of ether oxygens (including phenoxy) is 4. The van der Waals surface area contributed by atoms with E-state index in [1.54, 1.807) is 41.2 Å². The summed E-state index contributed by atoms with van der Waals surface area (Å²) < 4.78 is 21.0. The van der Waals surface area contributed by atoms with Gasteiger partial charge in [-0.2, -0.15) is 0 Å². The van der Waals surface area contributed by atoms with Gasteiger partial charge in [0.25, 0.3) is 0 Å². The summed E-state index contributed by atoms with van der Waals surface area (Å²) in [6.45, 7) is 4.09. The average Bonchev–Trinajstić information content (AvgIpc) is 3.00. The van der Waals surface area contributed by atoms with Gasteiger partial charge < -0.3 is 23.9 Å². The Balaban J connectivity index is 2.21. The van der Waals surface area contributed by atoms with Crippen LogP contribution in [0.15, 0.2) is 12.1 Å². The van der Waals surface area contributed by atoms with Crippen molar-refractivity contribution in [2.24, 2.45) is 0 Å². The van der Waals surface area contributed by atoms with E-state index in [0.29, 0.717) is 46.3 Å². The number of aromatic nitrogens is 1. The van der Waals surface area contributed by atoms with Gasteiger partial charge in [-0.15, -0.1) is 0 Å². The number of benzene rings is 1. The predicted molar refractivity (Wildman–Crippen MR) is 108 cm³/mol. The second-order valence-corrected chi connectivity index (χ2v) is 6.71. The fraction of sp³-hybridized carbons (Fsp3) is 0.429. The van der Waals surface area contributed by atoms with Crippen LogP contribution >= 0.6 is 0 Å². The van der Waals surface area contributed by atoms with E-state index in [4.69, 9.17) is 18.9 Å². The van der Waals surface area contributed by atoms with Crippen molar-refractivity contribution in [1.29, 1.82) is 0 Å². The number of aryl methyl sites for hydroxylation is 1. The molecule has 0 saturated carbocycles. The third-order valence-electron chi connectivity index (χ3n) is 4.75. The maximum Gasteiger partial charge on any atom is 0.339 e. The van der Waals surface area contributed by atoms with E-state index in [1.165, 1.54) is 7.11 Å². The molecule has 0 spiro atoms. The minimum Gasteiger partial charge on any atom is -0.493 e. The summed E-state index contributed by atoms with van der Waals surface area (Å²) in [5.41, 5.74) is 2.88. The largest absolute Gasteiger partial charge is 0.493 e.